The molecular weight excluding hydrogens is 278 g/mol. The Bertz CT molecular complexity index is 601. The van der Waals surface area contributed by atoms with Crippen molar-refractivity contribution >= 4 is 21.6 Å². The Hall–Kier alpha value is -0.970. The molecule has 1 N–H and O–H groups in total. The molecule has 0 spiro atoms. The molecule has 2 fully saturated rings. The molecule has 3 nitrogen and oxygen atoms in total. The van der Waals surface area contributed by atoms with E-state index >= 15 is 0 Å². The van der Waals surface area contributed by atoms with Crippen molar-refractivity contribution in [3.63, 3.8) is 0 Å². The minimum atomic E-state index is 0.313. The van der Waals surface area contributed by atoms with E-state index < -0.39 is 0 Å². The van der Waals surface area contributed by atoms with E-state index in [2.05, 4.69) is 41.4 Å². The summed E-state index contributed by atoms with van der Waals surface area (Å²) in [5.74, 6) is 0.883. The van der Waals surface area contributed by atoms with Gasteiger partial charge in [-0.15, -0.1) is 11.3 Å². The van der Waals surface area contributed by atoms with Crippen LogP contribution in [0.4, 0.5) is 0 Å². The Kier molecular flexibility index (Phi) is 3.48. The number of aromatic nitrogens is 1. The van der Waals surface area contributed by atoms with Gasteiger partial charge in [0.2, 0.25) is 0 Å². The maximum atomic E-state index is 4.80. The largest absolute Gasteiger partial charge is 0.310 e. The van der Waals surface area contributed by atoms with Crippen molar-refractivity contribution in [2.24, 2.45) is 5.92 Å². The molecule has 2 heterocycles. The van der Waals surface area contributed by atoms with Crippen LogP contribution >= 0.6 is 11.3 Å². The first kappa shape index (κ1) is 13.7. The molecule has 1 aromatic carbocycles. The van der Waals surface area contributed by atoms with Crippen LogP contribution in [0.2, 0.25) is 0 Å². The summed E-state index contributed by atoms with van der Waals surface area (Å²) in [4.78, 5) is 7.41. The molecule has 1 aliphatic carbocycles. The van der Waals surface area contributed by atoms with Gasteiger partial charge in [-0.05, 0) is 57.3 Å². The lowest BCUT2D eigenvalue weighted by molar-refractivity contribution is 0.195. The van der Waals surface area contributed by atoms with Gasteiger partial charge >= 0.3 is 0 Å². The third kappa shape index (κ3) is 2.85. The molecule has 2 aliphatic rings. The number of nitrogens with zero attached hydrogens (tertiary/aromatic N) is 2. The normalized spacial score (nSPS) is 27.9. The Morgan fingerprint density at radius 1 is 1.38 bits per heavy atom. The van der Waals surface area contributed by atoms with Gasteiger partial charge < -0.3 is 5.32 Å². The highest BCUT2D eigenvalue weighted by Gasteiger charge is 2.42. The van der Waals surface area contributed by atoms with Crippen LogP contribution in [0.25, 0.3) is 10.2 Å². The van der Waals surface area contributed by atoms with Crippen molar-refractivity contribution in [2.45, 2.75) is 38.3 Å². The summed E-state index contributed by atoms with van der Waals surface area (Å²) in [6, 6.07) is 8.47. The van der Waals surface area contributed by atoms with Gasteiger partial charge in [-0.3, -0.25) is 4.90 Å². The van der Waals surface area contributed by atoms with Gasteiger partial charge in [0.1, 0.15) is 5.01 Å². The number of fused-ring (bicyclic) bond motifs is 1. The van der Waals surface area contributed by atoms with Crippen LogP contribution in [0.3, 0.4) is 0 Å². The Balaban J connectivity index is 1.52. The molecule has 112 valence electrons. The van der Waals surface area contributed by atoms with Crippen LogP contribution in [0.15, 0.2) is 24.3 Å². The van der Waals surface area contributed by atoms with Crippen molar-refractivity contribution in [3.8, 4) is 0 Å². The van der Waals surface area contributed by atoms with E-state index in [4.69, 9.17) is 4.98 Å². The fourth-order valence-electron chi connectivity index (χ4n) is 3.58. The zero-order chi connectivity index (χ0) is 14.3. The lowest BCUT2D eigenvalue weighted by Crippen LogP contribution is -2.50. The number of hydrogen-bond acceptors (Lipinski definition) is 4. The molecule has 1 atom stereocenters. The van der Waals surface area contributed by atoms with Crippen molar-refractivity contribution < 1.29 is 0 Å². The number of rotatable bonds is 3. The van der Waals surface area contributed by atoms with E-state index in [0.717, 1.165) is 31.1 Å². The van der Waals surface area contributed by atoms with E-state index in [-0.39, 0.29) is 0 Å². The van der Waals surface area contributed by atoms with Crippen LogP contribution < -0.4 is 5.32 Å². The number of para-hydroxylation sites is 1. The predicted molar refractivity (Wildman–Crippen MR) is 88.6 cm³/mol. The molecule has 1 saturated carbocycles. The SMILES string of the molecule is CC1(C2CC2)CN(Cc2nc3ccccc3s2)CCCN1. The van der Waals surface area contributed by atoms with Crippen molar-refractivity contribution in [1.82, 2.24) is 15.2 Å². The molecule has 0 radical (unpaired) electrons. The molecule has 1 unspecified atom stereocenters. The number of thiazole rings is 1. The maximum Gasteiger partial charge on any atom is 0.108 e. The fourth-order valence-corrected chi connectivity index (χ4v) is 4.59. The van der Waals surface area contributed by atoms with E-state index in [0.29, 0.717) is 5.54 Å². The molecule has 1 aliphatic heterocycles. The summed E-state index contributed by atoms with van der Waals surface area (Å²) < 4.78 is 1.31. The summed E-state index contributed by atoms with van der Waals surface area (Å²) in [6.45, 7) is 6.92. The van der Waals surface area contributed by atoms with Crippen molar-refractivity contribution in [1.29, 1.82) is 0 Å². The van der Waals surface area contributed by atoms with E-state index in [9.17, 15) is 0 Å². The average Bonchev–Trinajstić information content (AvgIpc) is 3.26. The first-order valence-corrected chi connectivity index (χ1v) is 8.86. The molecule has 2 aromatic rings. The zero-order valence-electron chi connectivity index (χ0n) is 12.6. The summed E-state index contributed by atoms with van der Waals surface area (Å²) in [6.07, 6.45) is 4.05. The van der Waals surface area contributed by atoms with Crippen LogP contribution in [-0.4, -0.2) is 35.1 Å². The van der Waals surface area contributed by atoms with Crippen LogP contribution in [0, 0.1) is 5.92 Å². The van der Waals surface area contributed by atoms with Crippen LogP contribution in [-0.2, 0) is 6.54 Å². The third-order valence-corrected chi connectivity index (χ3v) is 5.93. The van der Waals surface area contributed by atoms with Gasteiger partial charge in [0, 0.05) is 12.1 Å². The standard InChI is InChI=1S/C17H23N3S/c1-17(13-7-8-13)12-20(10-4-9-18-17)11-16-19-14-5-2-3-6-15(14)21-16/h2-3,5-6,13,18H,4,7-12H2,1H3. The Labute approximate surface area is 130 Å². The molecular formula is C17H23N3S. The molecule has 0 amide bonds. The average molecular weight is 301 g/mol. The quantitative estimate of drug-likeness (QED) is 0.943. The molecule has 0 bridgehead atoms. The highest BCUT2D eigenvalue weighted by molar-refractivity contribution is 7.18. The van der Waals surface area contributed by atoms with E-state index in [1.165, 1.54) is 35.5 Å². The minimum Gasteiger partial charge on any atom is -0.310 e. The maximum absolute atomic E-state index is 4.80. The molecule has 1 aromatic heterocycles. The number of nitrogens with one attached hydrogen (secondary N) is 1. The van der Waals surface area contributed by atoms with Gasteiger partial charge in [0.15, 0.2) is 0 Å². The smallest absolute Gasteiger partial charge is 0.108 e. The first-order chi connectivity index (χ1) is 10.2. The van der Waals surface area contributed by atoms with Gasteiger partial charge in [-0.2, -0.15) is 0 Å². The highest BCUT2D eigenvalue weighted by Crippen LogP contribution is 2.40. The Morgan fingerprint density at radius 3 is 3.05 bits per heavy atom. The summed E-state index contributed by atoms with van der Waals surface area (Å²) in [5, 5.41) is 5.06. The van der Waals surface area contributed by atoms with E-state index in [1.807, 2.05) is 11.3 Å². The molecule has 4 rings (SSSR count). The monoisotopic (exact) mass is 301 g/mol. The molecule has 1 saturated heterocycles. The van der Waals surface area contributed by atoms with E-state index in [1.54, 1.807) is 0 Å². The zero-order valence-corrected chi connectivity index (χ0v) is 13.5. The van der Waals surface area contributed by atoms with Gasteiger partial charge in [-0.25, -0.2) is 4.98 Å². The van der Waals surface area contributed by atoms with Gasteiger partial charge in [-0.1, -0.05) is 12.1 Å². The lowest BCUT2D eigenvalue weighted by atomic mass is 9.95. The molecule has 21 heavy (non-hydrogen) atoms. The van der Waals surface area contributed by atoms with Crippen molar-refractivity contribution in [2.75, 3.05) is 19.6 Å². The molecule has 4 heteroatoms. The first-order valence-electron chi connectivity index (χ1n) is 8.05. The second-order valence-corrected chi connectivity index (χ2v) is 7.87. The topological polar surface area (TPSA) is 28.2 Å². The minimum absolute atomic E-state index is 0.313. The number of hydrogen-bond donors (Lipinski definition) is 1. The summed E-state index contributed by atoms with van der Waals surface area (Å²) in [7, 11) is 0. The fraction of sp³-hybridized carbons (Fsp3) is 0.588. The predicted octanol–water partition coefficient (Wildman–Crippen LogP) is 3.26. The highest BCUT2D eigenvalue weighted by atomic mass is 32.1. The lowest BCUT2D eigenvalue weighted by Gasteiger charge is -2.33. The van der Waals surface area contributed by atoms with Gasteiger partial charge in [0.25, 0.3) is 0 Å². The second kappa shape index (κ2) is 5.34. The summed E-state index contributed by atoms with van der Waals surface area (Å²) >= 11 is 1.85. The third-order valence-electron chi connectivity index (χ3n) is 4.91. The second-order valence-electron chi connectivity index (χ2n) is 6.76. The van der Waals surface area contributed by atoms with Crippen LogP contribution in [0.1, 0.15) is 31.2 Å². The van der Waals surface area contributed by atoms with Gasteiger partial charge in [0.05, 0.1) is 16.8 Å². The van der Waals surface area contributed by atoms with Crippen LogP contribution in [0.5, 0.6) is 0 Å². The van der Waals surface area contributed by atoms with Crippen molar-refractivity contribution in [3.05, 3.63) is 29.3 Å². The Morgan fingerprint density at radius 2 is 2.24 bits per heavy atom. The summed E-state index contributed by atoms with van der Waals surface area (Å²) in [5.41, 5.74) is 1.46. The number of benzene rings is 1.